The molecule has 2 nitrogen and oxygen atoms in total. The molecule has 0 saturated carbocycles. The van der Waals surface area contributed by atoms with E-state index in [0.29, 0.717) is 0 Å². The molecule has 16 heavy (non-hydrogen) atoms. The minimum absolute atomic E-state index is 0.266. The summed E-state index contributed by atoms with van der Waals surface area (Å²) in [6.45, 7) is 2.87. The number of hydrogen-bond donors (Lipinski definition) is 0. The zero-order chi connectivity index (χ0) is 12.6. The zero-order valence-corrected chi connectivity index (χ0v) is 9.60. The molecule has 88 valence electrons. The molecule has 0 atom stereocenters. The van der Waals surface area contributed by atoms with Crippen molar-refractivity contribution in [1.82, 2.24) is 0 Å². The molecule has 1 aromatic carbocycles. The lowest BCUT2D eigenvalue weighted by atomic mass is 10.1. The van der Waals surface area contributed by atoms with Crippen LogP contribution < -0.4 is 5.30 Å². The number of carbonyl (C=O) groups excluding carboxylic acids is 1. The fourth-order valence-electron chi connectivity index (χ4n) is 1.15. The van der Waals surface area contributed by atoms with E-state index >= 15 is 0 Å². The molecule has 0 spiro atoms. The van der Waals surface area contributed by atoms with Crippen LogP contribution in [-0.2, 0) is 4.57 Å². The van der Waals surface area contributed by atoms with Crippen molar-refractivity contribution in [3.05, 3.63) is 29.8 Å². The van der Waals surface area contributed by atoms with Gasteiger partial charge in [-0.3, -0.25) is 4.79 Å². The van der Waals surface area contributed by atoms with Gasteiger partial charge in [0.1, 0.15) is 7.14 Å². The van der Waals surface area contributed by atoms with Crippen LogP contribution in [0, 0.1) is 0 Å². The summed E-state index contributed by atoms with van der Waals surface area (Å²) >= 11 is 0. The first-order valence-electron chi connectivity index (χ1n) is 4.39. The Balaban J connectivity index is 3.20. The average molecular weight is 250 g/mol. The van der Waals surface area contributed by atoms with Crippen LogP contribution >= 0.6 is 7.14 Å². The lowest BCUT2D eigenvalue weighted by molar-refractivity contribution is -0.0885. The minimum atomic E-state index is -4.90. The van der Waals surface area contributed by atoms with Gasteiger partial charge in [0.15, 0.2) is 0 Å². The number of rotatable bonds is 2. The Morgan fingerprint density at radius 3 is 2.25 bits per heavy atom. The van der Waals surface area contributed by atoms with Crippen molar-refractivity contribution < 1.29 is 22.5 Å². The van der Waals surface area contributed by atoms with Gasteiger partial charge in [-0.2, -0.15) is 13.2 Å². The highest BCUT2D eigenvalue weighted by Crippen LogP contribution is 2.35. The smallest absolute Gasteiger partial charge is 0.319 e. The molecule has 1 rings (SSSR count). The van der Waals surface area contributed by atoms with Gasteiger partial charge in [0.25, 0.3) is 5.78 Å². The number of benzene rings is 1. The standard InChI is InChI=1S/C10H10F3O2P/c1-16(2,15)8-5-3-4-7(6-8)9(14)10(11,12)13/h3-6H,1-2H3. The molecule has 0 amide bonds. The minimum Gasteiger partial charge on any atom is -0.319 e. The predicted molar refractivity (Wildman–Crippen MR) is 55.9 cm³/mol. The molecule has 0 aliphatic rings. The molecule has 0 saturated heterocycles. The number of Topliss-reactive ketones (excluding diaryl/α,β-unsaturated/α-hetero) is 1. The molecule has 0 N–H and O–H groups in total. The first-order valence-corrected chi connectivity index (χ1v) is 6.99. The highest BCUT2D eigenvalue weighted by molar-refractivity contribution is 7.70. The van der Waals surface area contributed by atoms with Gasteiger partial charge >= 0.3 is 6.18 Å². The van der Waals surface area contributed by atoms with Gasteiger partial charge in [0, 0.05) is 10.9 Å². The van der Waals surface area contributed by atoms with Crippen LogP contribution in [0.4, 0.5) is 13.2 Å². The second kappa shape index (κ2) is 4.06. The highest BCUT2D eigenvalue weighted by atomic mass is 31.2. The number of alkyl halides is 3. The maximum Gasteiger partial charge on any atom is 0.454 e. The largest absolute Gasteiger partial charge is 0.454 e. The van der Waals surface area contributed by atoms with Crippen molar-refractivity contribution in [3.63, 3.8) is 0 Å². The van der Waals surface area contributed by atoms with Crippen LogP contribution in [0.5, 0.6) is 0 Å². The van der Waals surface area contributed by atoms with Gasteiger partial charge in [-0.05, 0) is 19.4 Å². The van der Waals surface area contributed by atoms with Gasteiger partial charge in [0.2, 0.25) is 0 Å². The number of carbonyl (C=O) groups is 1. The van der Waals surface area contributed by atoms with E-state index in [1.807, 2.05) is 0 Å². The summed E-state index contributed by atoms with van der Waals surface area (Å²) in [6.07, 6.45) is -4.90. The second-order valence-corrected chi connectivity index (χ2v) is 6.95. The molecule has 0 radical (unpaired) electrons. The summed E-state index contributed by atoms with van der Waals surface area (Å²) in [7, 11) is -2.66. The molecular weight excluding hydrogens is 240 g/mol. The topological polar surface area (TPSA) is 34.1 Å². The van der Waals surface area contributed by atoms with E-state index in [1.54, 1.807) is 0 Å². The first kappa shape index (κ1) is 13.0. The van der Waals surface area contributed by atoms with Crippen LogP contribution in [-0.4, -0.2) is 25.3 Å². The van der Waals surface area contributed by atoms with Crippen molar-refractivity contribution in [2.24, 2.45) is 0 Å². The Hall–Kier alpha value is -1.09. The van der Waals surface area contributed by atoms with Crippen LogP contribution in [0.2, 0.25) is 0 Å². The summed E-state index contributed by atoms with van der Waals surface area (Å²) in [5, 5.41) is 0.266. The third-order valence-electron chi connectivity index (χ3n) is 1.99. The van der Waals surface area contributed by atoms with Gasteiger partial charge in [-0.25, -0.2) is 0 Å². The molecular formula is C10H10F3O2P. The SMILES string of the molecule is CP(C)(=O)c1cccc(C(=O)C(F)(F)F)c1. The summed E-state index contributed by atoms with van der Waals surface area (Å²) in [5.74, 6) is -1.91. The Morgan fingerprint density at radius 2 is 1.81 bits per heavy atom. The molecule has 0 aliphatic carbocycles. The molecule has 0 heterocycles. The fourth-order valence-corrected chi connectivity index (χ4v) is 2.04. The van der Waals surface area contributed by atoms with Crippen molar-refractivity contribution in [3.8, 4) is 0 Å². The van der Waals surface area contributed by atoms with Crippen LogP contribution in [0.25, 0.3) is 0 Å². The Morgan fingerprint density at radius 1 is 1.25 bits per heavy atom. The molecule has 0 fully saturated rings. The van der Waals surface area contributed by atoms with E-state index in [0.717, 1.165) is 12.1 Å². The summed E-state index contributed by atoms with van der Waals surface area (Å²) in [4.78, 5) is 10.9. The van der Waals surface area contributed by atoms with Crippen molar-refractivity contribution >= 4 is 18.2 Å². The maximum atomic E-state index is 12.1. The van der Waals surface area contributed by atoms with Crippen LogP contribution in [0.1, 0.15) is 10.4 Å². The third kappa shape index (κ3) is 2.95. The van der Waals surface area contributed by atoms with E-state index in [1.165, 1.54) is 25.5 Å². The fraction of sp³-hybridized carbons (Fsp3) is 0.300. The number of hydrogen-bond acceptors (Lipinski definition) is 2. The van der Waals surface area contributed by atoms with E-state index < -0.39 is 24.7 Å². The van der Waals surface area contributed by atoms with E-state index in [4.69, 9.17) is 0 Å². The Bertz CT molecular complexity index is 459. The van der Waals surface area contributed by atoms with Crippen molar-refractivity contribution in [1.29, 1.82) is 0 Å². The molecule has 1 aromatic rings. The molecule has 0 aromatic heterocycles. The summed E-state index contributed by atoms with van der Waals surface area (Å²) in [6, 6.07) is 4.85. The average Bonchev–Trinajstić information content (AvgIpc) is 2.14. The van der Waals surface area contributed by atoms with Crippen LogP contribution in [0.15, 0.2) is 24.3 Å². The van der Waals surface area contributed by atoms with E-state index in [9.17, 15) is 22.5 Å². The van der Waals surface area contributed by atoms with E-state index in [-0.39, 0.29) is 5.30 Å². The summed E-state index contributed by atoms with van der Waals surface area (Å²) in [5.41, 5.74) is -0.478. The normalized spacial score (nSPS) is 12.6. The number of halogens is 3. The highest BCUT2D eigenvalue weighted by Gasteiger charge is 2.39. The van der Waals surface area contributed by atoms with Gasteiger partial charge in [-0.15, -0.1) is 0 Å². The molecule has 0 unspecified atom stereocenters. The van der Waals surface area contributed by atoms with Crippen molar-refractivity contribution in [2.75, 3.05) is 13.3 Å². The van der Waals surface area contributed by atoms with Gasteiger partial charge in [0.05, 0.1) is 0 Å². The van der Waals surface area contributed by atoms with Gasteiger partial charge < -0.3 is 4.57 Å². The van der Waals surface area contributed by atoms with Crippen molar-refractivity contribution in [2.45, 2.75) is 6.18 Å². The van der Waals surface area contributed by atoms with E-state index in [2.05, 4.69) is 0 Å². The van der Waals surface area contributed by atoms with Gasteiger partial charge in [-0.1, -0.05) is 18.2 Å². The molecule has 6 heteroatoms. The monoisotopic (exact) mass is 250 g/mol. The third-order valence-corrected chi connectivity index (χ3v) is 3.51. The maximum absolute atomic E-state index is 12.1. The van der Waals surface area contributed by atoms with Crippen LogP contribution in [0.3, 0.4) is 0 Å². The summed E-state index contributed by atoms with van der Waals surface area (Å²) < 4.78 is 48.1. The lowest BCUT2D eigenvalue weighted by Crippen LogP contribution is -2.23. The quantitative estimate of drug-likeness (QED) is 0.597. The second-order valence-electron chi connectivity index (χ2n) is 3.73. The zero-order valence-electron chi connectivity index (χ0n) is 8.71. The Labute approximate surface area is 90.8 Å². The molecule has 0 bridgehead atoms. The number of ketones is 1. The first-order chi connectivity index (χ1) is 7.12. The predicted octanol–water partition coefficient (Wildman–Crippen LogP) is 2.68. The Kier molecular flexibility index (Phi) is 3.29. The lowest BCUT2D eigenvalue weighted by Gasteiger charge is -2.09. The molecule has 0 aliphatic heterocycles.